The average Bonchev–Trinajstić information content (AvgIpc) is 2.62. The van der Waals surface area contributed by atoms with Gasteiger partial charge in [0.1, 0.15) is 5.82 Å². The maximum absolute atomic E-state index is 6.22. The lowest BCUT2D eigenvalue weighted by Crippen LogP contribution is -2.31. The Morgan fingerprint density at radius 3 is 2.68 bits per heavy atom. The summed E-state index contributed by atoms with van der Waals surface area (Å²) in [6.07, 6.45) is 5.81. The van der Waals surface area contributed by atoms with Gasteiger partial charge in [0.2, 0.25) is 0 Å². The Morgan fingerprint density at radius 2 is 2.05 bits per heavy atom. The van der Waals surface area contributed by atoms with Gasteiger partial charge in [0.15, 0.2) is 0 Å². The number of nitrogens with one attached hydrogen (secondary N) is 1. The van der Waals surface area contributed by atoms with E-state index in [-0.39, 0.29) is 0 Å². The van der Waals surface area contributed by atoms with Gasteiger partial charge in [0, 0.05) is 13.1 Å². The summed E-state index contributed by atoms with van der Waals surface area (Å²) in [5.74, 6) is 2.64. The molecule has 108 valence electrons. The molecule has 1 fully saturated rings. The fourth-order valence-electron chi connectivity index (χ4n) is 3.06. The van der Waals surface area contributed by atoms with Gasteiger partial charge in [-0.15, -0.1) is 0 Å². The molecular formula is C15H28N4. The minimum Gasteiger partial charge on any atom is -0.394 e. The molecular weight excluding hydrogens is 236 g/mol. The van der Waals surface area contributed by atoms with Crippen molar-refractivity contribution in [2.45, 2.75) is 58.9 Å². The zero-order valence-corrected chi connectivity index (χ0v) is 12.7. The third-order valence-electron chi connectivity index (χ3n) is 4.59. The fraction of sp³-hybridized carbons (Fsp3) is 0.800. The lowest BCUT2D eigenvalue weighted by Gasteiger charge is -2.33. The Balaban J connectivity index is 2.07. The Labute approximate surface area is 116 Å². The topological polar surface area (TPSA) is 55.9 Å². The Hall–Kier alpha value is -1.19. The summed E-state index contributed by atoms with van der Waals surface area (Å²) in [4.78, 5) is 0. The van der Waals surface area contributed by atoms with Gasteiger partial charge >= 0.3 is 0 Å². The van der Waals surface area contributed by atoms with E-state index in [1.54, 1.807) is 0 Å². The Bertz CT molecular complexity index is 424. The maximum atomic E-state index is 6.22. The first kappa shape index (κ1) is 14.2. The van der Waals surface area contributed by atoms with Crippen molar-refractivity contribution >= 4 is 11.5 Å². The van der Waals surface area contributed by atoms with Crippen LogP contribution in [0.3, 0.4) is 0 Å². The average molecular weight is 264 g/mol. The molecule has 19 heavy (non-hydrogen) atoms. The number of aromatic nitrogens is 2. The van der Waals surface area contributed by atoms with Crippen LogP contribution in [0.1, 0.15) is 52.1 Å². The minimum absolute atomic E-state index is 0.540. The molecule has 1 saturated carbocycles. The normalized spacial score (nSPS) is 27.5. The number of hydrogen-bond donors (Lipinski definition) is 2. The lowest BCUT2D eigenvalue weighted by molar-refractivity contribution is 0.260. The molecule has 0 saturated heterocycles. The molecule has 0 amide bonds. The number of rotatable bonds is 4. The first-order valence-electron chi connectivity index (χ1n) is 7.60. The first-order valence-corrected chi connectivity index (χ1v) is 7.60. The highest BCUT2D eigenvalue weighted by Gasteiger charge is 2.26. The van der Waals surface area contributed by atoms with E-state index in [4.69, 9.17) is 5.73 Å². The van der Waals surface area contributed by atoms with Crippen molar-refractivity contribution in [2.75, 3.05) is 11.1 Å². The molecule has 1 heterocycles. The summed E-state index contributed by atoms with van der Waals surface area (Å²) in [5.41, 5.74) is 8.10. The molecule has 1 aromatic rings. The van der Waals surface area contributed by atoms with Crippen molar-refractivity contribution < 1.29 is 0 Å². The molecule has 1 aliphatic rings. The molecule has 4 nitrogen and oxygen atoms in total. The van der Waals surface area contributed by atoms with Gasteiger partial charge in [0.25, 0.3) is 0 Å². The van der Waals surface area contributed by atoms with Gasteiger partial charge in [-0.2, -0.15) is 5.10 Å². The van der Waals surface area contributed by atoms with E-state index in [1.807, 2.05) is 11.7 Å². The number of nitrogens with two attached hydrogens (primary N) is 1. The van der Waals surface area contributed by atoms with Gasteiger partial charge in [-0.25, -0.2) is 0 Å². The predicted molar refractivity (Wildman–Crippen MR) is 81.2 cm³/mol. The van der Waals surface area contributed by atoms with Crippen LogP contribution in [0.15, 0.2) is 0 Å². The van der Waals surface area contributed by atoms with Crippen LogP contribution >= 0.6 is 0 Å². The van der Waals surface area contributed by atoms with E-state index in [0.717, 1.165) is 41.9 Å². The number of nitrogens with zero attached hydrogens (tertiary/aromatic N) is 2. The monoisotopic (exact) mass is 264 g/mol. The van der Waals surface area contributed by atoms with Crippen molar-refractivity contribution in [3.8, 4) is 0 Å². The highest BCUT2D eigenvalue weighted by atomic mass is 15.3. The van der Waals surface area contributed by atoms with Gasteiger partial charge in [0.05, 0.1) is 11.4 Å². The number of aryl methyl sites for hydroxylation is 2. The number of hydrogen-bond acceptors (Lipinski definition) is 3. The summed E-state index contributed by atoms with van der Waals surface area (Å²) < 4.78 is 1.91. The molecule has 2 rings (SSSR count). The fourth-order valence-corrected chi connectivity index (χ4v) is 3.06. The second kappa shape index (κ2) is 5.85. The molecule has 0 spiro atoms. The highest BCUT2D eigenvalue weighted by molar-refractivity contribution is 5.65. The van der Waals surface area contributed by atoms with Crippen molar-refractivity contribution in [1.82, 2.24) is 9.78 Å². The van der Waals surface area contributed by atoms with E-state index < -0.39 is 0 Å². The molecule has 0 bridgehead atoms. The van der Waals surface area contributed by atoms with E-state index in [1.165, 1.54) is 19.3 Å². The zero-order valence-electron chi connectivity index (χ0n) is 12.7. The third kappa shape index (κ3) is 3.04. The van der Waals surface area contributed by atoms with Crippen molar-refractivity contribution in [2.24, 2.45) is 18.9 Å². The second-order valence-corrected chi connectivity index (χ2v) is 6.19. The van der Waals surface area contributed by atoms with E-state index in [0.29, 0.717) is 6.04 Å². The summed E-state index contributed by atoms with van der Waals surface area (Å²) in [7, 11) is 1.98. The SMILES string of the molecule is CCCc1nn(C)c(NC2CCC(C)C(C)C2)c1N. The predicted octanol–water partition coefficient (Wildman–Crippen LogP) is 3.19. The smallest absolute Gasteiger partial charge is 0.147 e. The van der Waals surface area contributed by atoms with Crippen LogP contribution in [0.4, 0.5) is 11.5 Å². The Kier molecular flexibility index (Phi) is 4.38. The Morgan fingerprint density at radius 1 is 1.32 bits per heavy atom. The third-order valence-corrected chi connectivity index (χ3v) is 4.59. The number of nitrogen functional groups attached to an aromatic ring is 1. The van der Waals surface area contributed by atoms with Crippen LogP contribution in [-0.4, -0.2) is 15.8 Å². The van der Waals surface area contributed by atoms with Crippen LogP contribution in [0.2, 0.25) is 0 Å². The highest BCUT2D eigenvalue weighted by Crippen LogP contribution is 2.32. The van der Waals surface area contributed by atoms with Crippen LogP contribution in [0.5, 0.6) is 0 Å². The van der Waals surface area contributed by atoms with Gasteiger partial charge in [-0.1, -0.05) is 27.2 Å². The lowest BCUT2D eigenvalue weighted by atomic mass is 9.79. The number of anilines is 2. The second-order valence-electron chi connectivity index (χ2n) is 6.19. The van der Waals surface area contributed by atoms with E-state index in [9.17, 15) is 0 Å². The summed E-state index contributed by atoms with van der Waals surface area (Å²) in [6.45, 7) is 6.87. The molecule has 3 unspecified atom stereocenters. The molecule has 0 radical (unpaired) electrons. The molecule has 0 aliphatic heterocycles. The molecule has 3 N–H and O–H groups in total. The standard InChI is InChI=1S/C15H28N4/c1-5-6-13-14(16)15(19(4)18-13)17-12-8-7-10(2)11(3)9-12/h10-12,17H,5-9,16H2,1-4H3. The molecule has 1 aromatic heterocycles. The largest absolute Gasteiger partial charge is 0.394 e. The maximum Gasteiger partial charge on any atom is 0.147 e. The quantitative estimate of drug-likeness (QED) is 0.878. The minimum atomic E-state index is 0.540. The first-order chi connectivity index (χ1) is 9.02. The van der Waals surface area contributed by atoms with Crippen molar-refractivity contribution in [3.05, 3.63) is 5.69 Å². The van der Waals surface area contributed by atoms with Gasteiger partial charge in [-0.05, 0) is 37.5 Å². The molecule has 3 atom stereocenters. The van der Waals surface area contributed by atoms with Gasteiger partial charge < -0.3 is 11.1 Å². The van der Waals surface area contributed by atoms with Crippen LogP contribution in [-0.2, 0) is 13.5 Å². The molecule has 1 aliphatic carbocycles. The zero-order chi connectivity index (χ0) is 14.0. The molecule has 4 heteroatoms. The van der Waals surface area contributed by atoms with Gasteiger partial charge in [-0.3, -0.25) is 4.68 Å². The van der Waals surface area contributed by atoms with Crippen LogP contribution < -0.4 is 11.1 Å². The summed E-state index contributed by atoms with van der Waals surface area (Å²) >= 11 is 0. The van der Waals surface area contributed by atoms with Crippen molar-refractivity contribution in [3.63, 3.8) is 0 Å². The van der Waals surface area contributed by atoms with E-state index in [2.05, 4.69) is 31.2 Å². The van der Waals surface area contributed by atoms with E-state index >= 15 is 0 Å². The van der Waals surface area contributed by atoms with Crippen molar-refractivity contribution in [1.29, 1.82) is 0 Å². The van der Waals surface area contributed by atoms with Crippen LogP contribution in [0.25, 0.3) is 0 Å². The van der Waals surface area contributed by atoms with Crippen LogP contribution in [0, 0.1) is 11.8 Å². The summed E-state index contributed by atoms with van der Waals surface area (Å²) in [5, 5.41) is 8.15. The summed E-state index contributed by atoms with van der Waals surface area (Å²) in [6, 6.07) is 0.540. The molecule has 0 aromatic carbocycles.